The van der Waals surface area contributed by atoms with E-state index in [4.69, 9.17) is 0 Å². The van der Waals surface area contributed by atoms with Gasteiger partial charge in [-0.1, -0.05) is 0 Å². The van der Waals surface area contributed by atoms with Crippen LogP contribution < -0.4 is 0 Å². The summed E-state index contributed by atoms with van der Waals surface area (Å²) in [7, 11) is 0. The maximum atomic E-state index is 13.1. The van der Waals surface area contributed by atoms with E-state index in [-0.39, 0.29) is 3.34 Å². The fraction of sp³-hybridized carbons (Fsp3) is 0.800. The Kier molecular flexibility index (Phi) is 6.73. The van der Waals surface area contributed by atoms with E-state index >= 15 is 0 Å². The molecule has 0 amide bonds. The van der Waals surface area contributed by atoms with Crippen molar-refractivity contribution in [2.24, 2.45) is 0 Å². The van der Waals surface area contributed by atoms with E-state index in [1.54, 1.807) is 0 Å². The normalized spacial score (nSPS) is 11.4. The molecule has 0 atom stereocenters. The second-order valence-electron chi connectivity index (χ2n) is 3.81. The third-order valence-electron chi connectivity index (χ3n) is 1.80. The van der Waals surface area contributed by atoms with E-state index in [1.807, 2.05) is 0 Å². The summed E-state index contributed by atoms with van der Waals surface area (Å²) >= 11 is -2.03. The van der Waals surface area contributed by atoms with E-state index in [1.165, 1.54) is 13.8 Å². The minimum atomic E-state index is -2.03. The van der Waals surface area contributed by atoms with E-state index in [2.05, 4.69) is 6.92 Å². The molecule has 0 bridgehead atoms. The summed E-state index contributed by atoms with van der Waals surface area (Å²) < 4.78 is 12.7. The predicted molar refractivity (Wildman–Crippen MR) is 55.1 cm³/mol. The zero-order valence-electron chi connectivity index (χ0n) is 9.02. The topological polar surface area (TPSA) is 34.1 Å². The van der Waals surface area contributed by atoms with Crippen LogP contribution in [0.4, 0.5) is 4.39 Å². The summed E-state index contributed by atoms with van der Waals surface area (Å²) in [4.78, 5) is 22.5. The van der Waals surface area contributed by atoms with Crippen LogP contribution in [0.25, 0.3) is 0 Å². The van der Waals surface area contributed by atoms with Crippen LogP contribution in [0.1, 0.15) is 46.5 Å². The van der Waals surface area contributed by atoms with Crippen LogP contribution in [0.5, 0.6) is 0 Å². The first-order valence-electron chi connectivity index (χ1n) is 4.91. The molecular formula is C10H17FO2Pb. The quantitative estimate of drug-likeness (QED) is 0.489. The van der Waals surface area contributed by atoms with Crippen LogP contribution >= 0.6 is 0 Å². The molecule has 0 N–H and O–H groups in total. The summed E-state index contributed by atoms with van der Waals surface area (Å²) in [6.45, 7) is 4.53. The van der Waals surface area contributed by atoms with Crippen molar-refractivity contribution in [3.63, 3.8) is 0 Å². The van der Waals surface area contributed by atoms with Gasteiger partial charge in [0.1, 0.15) is 0 Å². The fourth-order valence-electron chi connectivity index (χ4n) is 0.873. The molecule has 0 aliphatic heterocycles. The number of hydrogen-bond acceptors (Lipinski definition) is 2. The average Bonchev–Trinajstić information content (AvgIpc) is 2.03. The summed E-state index contributed by atoms with van der Waals surface area (Å²) in [6, 6.07) is 0. The van der Waals surface area contributed by atoms with Crippen molar-refractivity contribution in [3.05, 3.63) is 0 Å². The van der Waals surface area contributed by atoms with Crippen LogP contribution in [0, 0.1) is 0 Å². The fourth-order valence-corrected chi connectivity index (χ4v) is 4.19. The Balaban J connectivity index is 3.78. The molecule has 0 heterocycles. The molecule has 0 aromatic rings. The van der Waals surface area contributed by atoms with Gasteiger partial charge in [0.15, 0.2) is 0 Å². The number of hydrogen-bond donors (Lipinski definition) is 0. The maximum absolute atomic E-state index is 13.1. The Labute approximate surface area is 96.9 Å². The molecule has 2 nitrogen and oxygen atoms in total. The first kappa shape index (κ1) is 14.2. The molecule has 0 saturated carbocycles. The Bertz CT molecular complexity index is 209. The summed E-state index contributed by atoms with van der Waals surface area (Å²) in [5.41, 5.74) is -1.79. The molecule has 0 spiro atoms. The van der Waals surface area contributed by atoms with Gasteiger partial charge < -0.3 is 0 Å². The molecule has 4 heteroatoms. The third-order valence-corrected chi connectivity index (χ3v) is 7.05. The van der Waals surface area contributed by atoms with Gasteiger partial charge in [-0.15, -0.1) is 0 Å². The van der Waals surface area contributed by atoms with E-state index in [9.17, 15) is 14.0 Å². The molecule has 0 unspecified atom stereocenters. The molecule has 0 aromatic heterocycles. The summed E-state index contributed by atoms with van der Waals surface area (Å²) in [5.74, 6) is 0. The number of rotatable bonds is 7. The van der Waals surface area contributed by atoms with E-state index in [0.717, 1.165) is 19.3 Å². The standard InChI is InChI=1S/C6H11O.C4H6FO.Pb/c1-2-3-4-5-6-7;1-4(2,5)3-6;/h2-5H2,1H3;1-2H3;. The molecule has 80 valence electrons. The second kappa shape index (κ2) is 6.63. The van der Waals surface area contributed by atoms with Crippen molar-refractivity contribution in [1.82, 2.24) is 0 Å². The SMILES string of the molecule is CCCCC[C](=O)[Pb][C](=O)C(C)(C)F. The van der Waals surface area contributed by atoms with E-state index < -0.39 is 33.2 Å². The van der Waals surface area contributed by atoms with Gasteiger partial charge in [-0.3, -0.25) is 0 Å². The molecule has 0 fully saturated rings. The second-order valence-corrected chi connectivity index (χ2v) is 8.71. The molecule has 0 rings (SSSR count). The van der Waals surface area contributed by atoms with Crippen molar-refractivity contribution in [3.8, 4) is 0 Å². The molecule has 2 radical (unpaired) electrons. The van der Waals surface area contributed by atoms with Gasteiger partial charge in [0.2, 0.25) is 0 Å². The van der Waals surface area contributed by atoms with Crippen molar-refractivity contribution in [2.75, 3.05) is 0 Å². The van der Waals surface area contributed by atoms with Crippen molar-refractivity contribution in [1.29, 1.82) is 0 Å². The molecule has 14 heavy (non-hydrogen) atoms. The molecule has 0 aromatic carbocycles. The summed E-state index contributed by atoms with van der Waals surface area (Å²) in [6.07, 6.45) is 3.41. The van der Waals surface area contributed by atoms with Crippen LogP contribution in [0.2, 0.25) is 0 Å². The molecule has 0 saturated heterocycles. The first-order chi connectivity index (χ1) is 6.38. The van der Waals surface area contributed by atoms with Gasteiger partial charge in [0, 0.05) is 0 Å². The number of carbonyl (C=O) groups is 2. The van der Waals surface area contributed by atoms with Gasteiger partial charge in [0.25, 0.3) is 0 Å². The monoisotopic (exact) mass is 396 g/mol. The first-order valence-corrected chi connectivity index (χ1v) is 8.80. The minimum absolute atomic E-state index is 0.0502. The molecule has 0 aliphatic rings. The van der Waals surface area contributed by atoms with Crippen LogP contribution in [-0.4, -0.2) is 36.6 Å². The third kappa shape index (κ3) is 6.62. The van der Waals surface area contributed by atoms with Crippen LogP contribution in [0.15, 0.2) is 0 Å². The zero-order valence-corrected chi connectivity index (χ0v) is 12.9. The van der Waals surface area contributed by atoms with Gasteiger partial charge in [0.05, 0.1) is 0 Å². The predicted octanol–water partition coefficient (Wildman–Crippen LogP) is 2.07. The zero-order chi connectivity index (χ0) is 11.2. The van der Waals surface area contributed by atoms with Crippen molar-refractivity contribution in [2.45, 2.75) is 52.1 Å². The Morgan fingerprint density at radius 1 is 1.29 bits per heavy atom. The number of unbranched alkanes of at least 4 members (excludes halogenated alkanes) is 2. The summed E-state index contributed by atoms with van der Waals surface area (Å²) in [5, 5.41) is 0. The number of halogens is 1. The van der Waals surface area contributed by atoms with Gasteiger partial charge >= 0.3 is 97.0 Å². The van der Waals surface area contributed by atoms with Gasteiger partial charge in [-0.05, 0) is 0 Å². The Hall–Kier alpha value is 0.192. The van der Waals surface area contributed by atoms with Crippen LogP contribution in [0.3, 0.4) is 0 Å². The van der Waals surface area contributed by atoms with Crippen LogP contribution in [-0.2, 0) is 9.59 Å². The number of alkyl halides is 1. The van der Waals surface area contributed by atoms with Gasteiger partial charge in [-0.2, -0.15) is 0 Å². The van der Waals surface area contributed by atoms with E-state index in [0.29, 0.717) is 6.42 Å². The average molecular weight is 395 g/mol. The number of carbonyl (C=O) groups excluding carboxylic acids is 2. The van der Waals surface area contributed by atoms with Crippen molar-refractivity contribution < 1.29 is 14.0 Å². The molecular weight excluding hydrogens is 378 g/mol. The van der Waals surface area contributed by atoms with Crippen molar-refractivity contribution >= 4 is 30.9 Å². The Morgan fingerprint density at radius 2 is 1.86 bits per heavy atom. The molecule has 0 aliphatic carbocycles. The Morgan fingerprint density at radius 3 is 2.29 bits per heavy atom. The van der Waals surface area contributed by atoms with Gasteiger partial charge in [-0.25, -0.2) is 0 Å².